The van der Waals surface area contributed by atoms with Crippen molar-refractivity contribution < 1.29 is 9.84 Å². The highest BCUT2D eigenvalue weighted by Crippen LogP contribution is 2.29. The fourth-order valence-corrected chi connectivity index (χ4v) is 2.78. The molecule has 1 heterocycles. The molecule has 2 N–H and O–H groups in total. The third-order valence-electron chi connectivity index (χ3n) is 3.96. The number of piperidine rings is 1. The number of hydrogen-bond acceptors (Lipinski definition) is 4. The first-order chi connectivity index (χ1) is 10.8. The molecule has 1 aliphatic heterocycles. The molecule has 0 unspecified atom stereocenters. The third-order valence-corrected chi connectivity index (χ3v) is 3.96. The van der Waals surface area contributed by atoms with E-state index >= 15 is 0 Å². The molecule has 2 aromatic carbocycles. The van der Waals surface area contributed by atoms with Crippen molar-refractivity contribution in [2.24, 2.45) is 0 Å². The van der Waals surface area contributed by atoms with Crippen molar-refractivity contribution in [3.8, 4) is 17.6 Å². The van der Waals surface area contributed by atoms with Gasteiger partial charge in [-0.15, -0.1) is 0 Å². The Labute approximate surface area is 130 Å². The summed E-state index contributed by atoms with van der Waals surface area (Å²) in [4.78, 5) is 0. The highest BCUT2D eigenvalue weighted by Gasteiger charge is 2.24. The Bertz CT molecular complexity index is 676. The molecule has 112 valence electrons. The maximum absolute atomic E-state index is 10.1. The summed E-state index contributed by atoms with van der Waals surface area (Å²) < 4.78 is 5.76. The molecule has 2 atom stereocenters. The highest BCUT2D eigenvalue weighted by atomic mass is 16.5. The first kappa shape index (κ1) is 14.6. The zero-order chi connectivity index (χ0) is 15.4. The van der Waals surface area contributed by atoms with Gasteiger partial charge in [-0.2, -0.15) is 5.26 Å². The Morgan fingerprint density at radius 1 is 1.14 bits per heavy atom. The Hall–Kier alpha value is -2.35. The van der Waals surface area contributed by atoms with Crippen LogP contribution < -0.4 is 10.1 Å². The van der Waals surface area contributed by atoms with Crippen molar-refractivity contribution in [1.29, 1.82) is 5.26 Å². The van der Waals surface area contributed by atoms with Crippen LogP contribution in [0.4, 0.5) is 0 Å². The summed E-state index contributed by atoms with van der Waals surface area (Å²) in [5.74, 6) is 1.55. The van der Waals surface area contributed by atoms with Gasteiger partial charge in [0, 0.05) is 12.5 Å². The minimum absolute atomic E-state index is 0.178. The van der Waals surface area contributed by atoms with Crippen LogP contribution in [0, 0.1) is 11.3 Å². The topological polar surface area (TPSA) is 65.3 Å². The third kappa shape index (κ3) is 3.28. The van der Waals surface area contributed by atoms with Gasteiger partial charge in [-0.05, 0) is 48.9 Å². The Kier molecular flexibility index (Phi) is 4.38. The maximum Gasteiger partial charge on any atom is 0.128 e. The number of nitriles is 1. The van der Waals surface area contributed by atoms with Crippen LogP contribution in [0.3, 0.4) is 0 Å². The summed E-state index contributed by atoms with van der Waals surface area (Å²) in [6.07, 6.45) is 0.596. The van der Waals surface area contributed by atoms with Gasteiger partial charge < -0.3 is 15.2 Å². The summed E-state index contributed by atoms with van der Waals surface area (Å²) in [6, 6.07) is 17.0. The van der Waals surface area contributed by atoms with Crippen molar-refractivity contribution in [1.82, 2.24) is 5.32 Å². The lowest BCUT2D eigenvalue weighted by atomic mass is 9.88. The Morgan fingerprint density at radius 3 is 2.68 bits per heavy atom. The molecule has 0 saturated carbocycles. The number of benzene rings is 2. The van der Waals surface area contributed by atoms with E-state index in [-0.39, 0.29) is 12.0 Å². The molecule has 4 heteroatoms. The molecule has 0 radical (unpaired) electrons. The Morgan fingerprint density at radius 2 is 1.95 bits per heavy atom. The predicted molar refractivity (Wildman–Crippen MR) is 83.9 cm³/mol. The number of β-amino-alcohol motifs (C(OH)–C–C–N with tert-alkyl or cyclic N) is 1. The summed E-state index contributed by atoms with van der Waals surface area (Å²) in [5.41, 5.74) is 1.71. The first-order valence-electron chi connectivity index (χ1n) is 7.43. The molecule has 4 nitrogen and oxygen atoms in total. The molecule has 0 amide bonds. The second kappa shape index (κ2) is 6.61. The van der Waals surface area contributed by atoms with Gasteiger partial charge in [0.15, 0.2) is 0 Å². The van der Waals surface area contributed by atoms with E-state index in [9.17, 15) is 5.11 Å². The molecule has 0 bridgehead atoms. The van der Waals surface area contributed by atoms with E-state index in [1.807, 2.05) is 30.3 Å². The van der Waals surface area contributed by atoms with Gasteiger partial charge in [0.1, 0.15) is 11.5 Å². The molecule has 2 aromatic rings. The van der Waals surface area contributed by atoms with Crippen LogP contribution in [-0.2, 0) is 0 Å². The zero-order valence-corrected chi connectivity index (χ0v) is 12.2. The van der Waals surface area contributed by atoms with Crippen LogP contribution >= 0.6 is 0 Å². The quantitative estimate of drug-likeness (QED) is 0.913. The largest absolute Gasteiger partial charge is 0.457 e. The van der Waals surface area contributed by atoms with Crippen LogP contribution in [-0.4, -0.2) is 24.3 Å². The molecule has 22 heavy (non-hydrogen) atoms. The maximum atomic E-state index is 10.1. The van der Waals surface area contributed by atoms with E-state index in [2.05, 4.69) is 11.4 Å². The minimum atomic E-state index is -0.340. The molecule has 1 saturated heterocycles. The fraction of sp³-hybridized carbons (Fsp3) is 0.278. The van der Waals surface area contributed by atoms with Gasteiger partial charge in [-0.25, -0.2) is 0 Å². The molecule has 0 spiro atoms. The predicted octanol–water partition coefficient (Wildman–Crippen LogP) is 2.79. The van der Waals surface area contributed by atoms with Gasteiger partial charge in [0.25, 0.3) is 0 Å². The lowest BCUT2D eigenvalue weighted by Gasteiger charge is -2.28. The average molecular weight is 294 g/mol. The van der Waals surface area contributed by atoms with E-state index in [0.717, 1.165) is 24.3 Å². The van der Waals surface area contributed by atoms with Gasteiger partial charge in [-0.3, -0.25) is 0 Å². The standard InChI is InChI=1S/C18H18N2O2/c19-11-13-2-1-3-16(10-13)22-15-6-4-14(5-7-15)17-8-9-20-12-18(17)21/h1-7,10,17-18,20-21H,8-9,12H2/t17-,18+/m0/s1. The van der Waals surface area contributed by atoms with Crippen LogP contribution in [0.5, 0.6) is 11.5 Å². The van der Waals surface area contributed by atoms with E-state index < -0.39 is 0 Å². The van der Waals surface area contributed by atoms with Gasteiger partial charge in [0.05, 0.1) is 17.7 Å². The molecular weight excluding hydrogens is 276 g/mol. The SMILES string of the molecule is N#Cc1cccc(Oc2ccc([C@@H]3CCNC[C@H]3O)cc2)c1. The molecule has 1 fully saturated rings. The lowest BCUT2D eigenvalue weighted by molar-refractivity contribution is 0.118. The highest BCUT2D eigenvalue weighted by molar-refractivity contribution is 5.39. The minimum Gasteiger partial charge on any atom is -0.457 e. The zero-order valence-electron chi connectivity index (χ0n) is 12.2. The summed E-state index contributed by atoms with van der Waals surface area (Å²) in [5, 5.41) is 22.1. The fourth-order valence-electron chi connectivity index (χ4n) is 2.78. The number of nitrogens with zero attached hydrogens (tertiary/aromatic N) is 1. The lowest BCUT2D eigenvalue weighted by Crippen LogP contribution is -2.39. The normalized spacial score (nSPS) is 21.1. The van der Waals surface area contributed by atoms with E-state index in [0.29, 0.717) is 17.9 Å². The molecule has 0 aromatic heterocycles. The average Bonchev–Trinajstić information content (AvgIpc) is 2.56. The smallest absolute Gasteiger partial charge is 0.128 e. The summed E-state index contributed by atoms with van der Waals surface area (Å²) >= 11 is 0. The van der Waals surface area contributed by atoms with Gasteiger partial charge >= 0.3 is 0 Å². The first-order valence-corrected chi connectivity index (χ1v) is 7.43. The summed E-state index contributed by atoms with van der Waals surface area (Å²) in [7, 11) is 0. The van der Waals surface area contributed by atoms with Crippen LogP contribution in [0.1, 0.15) is 23.5 Å². The van der Waals surface area contributed by atoms with Crippen LogP contribution in [0.2, 0.25) is 0 Å². The Balaban J connectivity index is 1.72. The van der Waals surface area contributed by atoms with E-state index in [1.165, 1.54) is 0 Å². The molecular formula is C18H18N2O2. The van der Waals surface area contributed by atoms with Crippen molar-refractivity contribution in [3.05, 3.63) is 59.7 Å². The van der Waals surface area contributed by atoms with E-state index in [1.54, 1.807) is 18.2 Å². The summed E-state index contributed by atoms with van der Waals surface area (Å²) in [6.45, 7) is 1.57. The van der Waals surface area contributed by atoms with Crippen molar-refractivity contribution in [2.45, 2.75) is 18.4 Å². The van der Waals surface area contributed by atoms with Gasteiger partial charge in [-0.1, -0.05) is 18.2 Å². The second-order valence-corrected chi connectivity index (χ2v) is 5.48. The molecule has 0 aliphatic carbocycles. The number of rotatable bonds is 3. The monoisotopic (exact) mass is 294 g/mol. The number of hydrogen-bond donors (Lipinski definition) is 2. The van der Waals surface area contributed by atoms with Crippen molar-refractivity contribution in [3.63, 3.8) is 0 Å². The van der Waals surface area contributed by atoms with E-state index in [4.69, 9.17) is 10.00 Å². The van der Waals surface area contributed by atoms with Crippen LogP contribution in [0.25, 0.3) is 0 Å². The number of aliphatic hydroxyl groups is 1. The number of ether oxygens (including phenoxy) is 1. The molecule has 1 aliphatic rings. The molecule has 3 rings (SSSR count). The second-order valence-electron chi connectivity index (χ2n) is 5.48. The number of nitrogens with one attached hydrogen (secondary N) is 1. The van der Waals surface area contributed by atoms with Crippen molar-refractivity contribution in [2.75, 3.05) is 13.1 Å². The van der Waals surface area contributed by atoms with Gasteiger partial charge in [0.2, 0.25) is 0 Å². The number of aliphatic hydroxyl groups excluding tert-OH is 1. The van der Waals surface area contributed by atoms with Crippen molar-refractivity contribution >= 4 is 0 Å². The van der Waals surface area contributed by atoms with Crippen LogP contribution in [0.15, 0.2) is 48.5 Å².